The predicted molar refractivity (Wildman–Crippen MR) is 63.3 cm³/mol. The van der Waals surface area contributed by atoms with E-state index in [4.69, 9.17) is 21.4 Å². The van der Waals surface area contributed by atoms with E-state index in [1.807, 2.05) is 19.9 Å². The molecule has 4 heteroatoms. The third kappa shape index (κ3) is 2.89. The zero-order valence-corrected chi connectivity index (χ0v) is 10.3. The van der Waals surface area contributed by atoms with Crippen LogP contribution < -0.4 is 4.74 Å². The van der Waals surface area contributed by atoms with Crippen molar-refractivity contribution in [2.24, 2.45) is 0 Å². The Morgan fingerprint density at radius 3 is 2.62 bits per heavy atom. The van der Waals surface area contributed by atoms with Gasteiger partial charge in [0.2, 0.25) is 0 Å². The highest BCUT2D eigenvalue weighted by atomic mass is 35.5. The summed E-state index contributed by atoms with van der Waals surface area (Å²) >= 11 is 5.86. The van der Waals surface area contributed by atoms with Crippen molar-refractivity contribution in [1.82, 2.24) is 0 Å². The number of hydrogen-bond donors (Lipinski definition) is 1. The first-order chi connectivity index (χ1) is 7.36. The third-order valence-corrected chi connectivity index (χ3v) is 2.72. The molecule has 0 bridgehead atoms. The average Bonchev–Trinajstić information content (AvgIpc) is 2.15. The molecule has 16 heavy (non-hydrogen) atoms. The predicted octanol–water partition coefficient (Wildman–Crippen LogP) is 3.10. The standard InChI is InChI=1S/C12H15ClO3/c1-12(2,7-11(14)15)9-5-4-8(13)6-10(9)16-3/h4-6H,7H2,1-3H3,(H,14,15). The van der Waals surface area contributed by atoms with Crippen molar-refractivity contribution in [3.63, 3.8) is 0 Å². The number of ether oxygens (including phenoxy) is 1. The first kappa shape index (κ1) is 12.8. The fourth-order valence-corrected chi connectivity index (χ4v) is 1.86. The summed E-state index contributed by atoms with van der Waals surface area (Å²) in [5.41, 5.74) is 0.365. The molecule has 1 aromatic rings. The van der Waals surface area contributed by atoms with Crippen LogP contribution in [0.15, 0.2) is 18.2 Å². The summed E-state index contributed by atoms with van der Waals surface area (Å²) in [4.78, 5) is 10.8. The quantitative estimate of drug-likeness (QED) is 0.883. The first-order valence-electron chi connectivity index (χ1n) is 4.92. The van der Waals surface area contributed by atoms with Crippen LogP contribution in [0.1, 0.15) is 25.8 Å². The fourth-order valence-electron chi connectivity index (χ4n) is 1.70. The number of benzene rings is 1. The minimum absolute atomic E-state index is 0.0466. The summed E-state index contributed by atoms with van der Waals surface area (Å²) in [5, 5.41) is 9.44. The van der Waals surface area contributed by atoms with E-state index >= 15 is 0 Å². The summed E-state index contributed by atoms with van der Waals surface area (Å²) in [6.45, 7) is 3.74. The van der Waals surface area contributed by atoms with Crippen LogP contribution >= 0.6 is 11.6 Å². The normalized spacial score (nSPS) is 11.2. The molecule has 1 N–H and O–H groups in total. The molecule has 0 radical (unpaired) electrons. The Balaban J connectivity index is 3.15. The second kappa shape index (κ2) is 4.74. The highest BCUT2D eigenvalue weighted by Crippen LogP contribution is 2.35. The molecule has 0 aliphatic rings. The molecule has 0 heterocycles. The van der Waals surface area contributed by atoms with E-state index in [0.717, 1.165) is 5.56 Å². The molecule has 0 saturated carbocycles. The minimum Gasteiger partial charge on any atom is -0.496 e. The van der Waals surface area contributed by atoms with E-state index in [2.05, 4.69) is 0 Å². The zero-order valence-electron chi connectivity index (χ0n) is 9.58. The Morgan fingerprint density at radius 2 is 2.12 bits per heavy atom. The lowest BCUT2D eigenvalue weighted by Crippen LogP contribution is -2.22. The molecule has 0 aliphatic carbocycles. The number of halogens is 1. The lowest BCUT2D eigenvalue weighted by Gasteiger charge is -2.25. The molecular weight excluding hydrogens is 228 g/mol. The Kier molecular flexibility index (Phi) is 3.81. The van der Waals surface area contributed by atoms with E-state index in [1.165, 1.54) is 0 Å². The van der Waals surface area contributed by atoms with Crippen LogP contribution in [-0.4, -0.2) is 18.2 Å². The Bertz CT molecular complexity index is 399. The maximum absolute atomic E-state index is 10.8. The second-order valence-electron chi connectivity index (χ2n) is 4.30. The molecule has 0 unspecified atom stereocenters. The summed E-state index contributed by atoms with van der Waals surface area (Å²) < 4.78 is 5.22. The lowest BCUT2D eigenvalue weighted by atomic mass is 9.81. The number of methoxy groups -OCH3 is 1. The maximum Gasteiger partial charge on any atom is 0.304 e. The van der Waals surface area contributed by atoms with E-state index in [1.54, 1.807) is 19.2 Å². The van der Waals surface area contributed by atoms with Gasteiger partial charge in [-0.15, -0.1) is 0 Å². The van der Waals surface area contributed by atoms with Crippen molar-refractivity contribution in [3.05, 3.63) is 28.8 Å². The molecular formula is C12H15ClO3. The third-order valence-electron chi connectivity index (χ3n) is 2.49. The lowest BCUT2D eigenvalue weighted by molar-refractivity contribution is -0.138. The summed E-state index contributed by atoms with van der Waals surface area (Å²) in [7, 11) is 1.55. The van der Waals surface area contributed by atoms with E-state index in [-0.39, 0.29) is 6.42 Å². The van der Waals surface area contributed by atoms with Crippen LogP contribution in [0, 0.1) is 0 Å². The molecule has 0 atom stereocenters. The molecule has 0 aliphatic heterocycles. The van der Waals surface area contributed by atoms with Crippen molar-refractivity contribution in [3.8, 4) is 5.75 Å². The van der Waals surface area contributed by atoms with Crippen molar-refractivity contribution in [2.75, 3.05) is 7.11 Å². The van der Waals surface area contributed by atoms with Gasteiger partial charge >= 0.3 is 5.97 Å². The van der Waals surface area contributed by atoms with Crippen molar-refractivity contribution in [1.29, 1.82) is 0 Å². The molecule has 0 fully saturated rings. The van der Waals surface area contributed by atoms with Gasteiger partial charge < -0.3 is 9.84 Å². The van der Waals surface area contributed by atoms with Crippen LogP contribution in [0.2, 0.25) is 5.02 Å². The summed E-state index contributed by atoms with van der Waals surface area (Å²) in [6, 6.07) is 5.24. The molecule has 0 aromatic heterocycles. The molecule has 0 saturated heterocycles. The Hall–Kier alpha value is -1.22. The van der Waals surface area contributed by atoms with Gasteiger partial charge in [-0.1, -0.05) is 31.5 Å². The molecule has 0 spiro atoms. The number of carboxylic acid groups (broad SMARTS) is 1. The number of rotatable bonds is 4. The summed E-state index contributed by atoms with van der Waals surface area (Å²) in [5.74, 6) is -0.208. The van der Waals surface area contributed by atoms with Gasteiger partial charge in [-0.25, -0.2) is 0 Å². The van der Waals surface area contributed by atoms with Crippen LogP contribution in [-0.2, 0) is 10.2 Å². The average molecular weight is 243 g/mol. The first-order valence-corrected chi connectivity index (χ1v) is 5.30. The van der Waals surface area contributed by atoms with E-state index in [9.17, 15) is 4.79 Å². The maximum atomic E-state index is 10.8. The van der Waals surface area contributed by atoms with Gasteiger partial charge in [0.25, 0.3) is 0 Å². The fraction of sp³-hybridized carbons (Fsp3) is 0.417. The molecule has 88 valence electrons. The SMILES string of the molecule is COc1cc(Cl)ccc1C(C)(C)CC(=O)O. The Labute approximate surface area is 100.0 Å². The second-order valence-corrected chi connectivity index (χ2v) is 4.74. The summed E-state index contributed by atoms with van der Waals surface area (Å²) in [6.07, 6.45) is 0.0466. The van der Waals surface area contributed by atoms with Crippen LogP contribution in [0.25, 0.3) is 0 Å². The van der Waals surface area contributed by atoms with Gasteiger partial charge in [-0.05, 0) is 12.1 Å². The van der Waals surface area contributed by atoms with Gasteiger partial charge in [-0.3, -0.25) is 4.79 Å². The van der Waals surface area contributed by atoms with Crippen molar-refractivity contribution in [2.45, 2.75) is 25.7 Å². The van der Waals surface area contributed by atoms with Gasteiger partial charge in [0, 0.05) is 16.0 Å². The van der Waals surface area contributed by atoms with Gasteiger partial charge in [0.05, 0.1) is 13.5 Å². The minimum atomic E-state index is -0.831. The highest BCUT2D eigenvalue weighted by molar-refractivity contribution is 6.30. The van der Waals surface area contributed by atoms with Gasteiger partial charge in [0.15, 0.2) is 0 Å². The topological polar surface area (TPSA) is 46.5 Å². The van der Waals surface area contributed by atoms with Crippen LogP contribution in [0.3, 0.4) is 0 Å². The van der Waals surface area contributed by atoms with E-state index in [0.29, 0.717) is 10.8 Å². The van der Waals surface area contributed by atoms with Crippen LogP contribution in [0.4, 0.5) is 0 Å². The van der Waals surface area contributed by atoms with Gasteiger partial charge in [0.1, 0.15) is 5.75 Å². The number of carboxylic acids is 1. The molecule has 0 amide bonds. The van der Waals surface area contributed by atoms with Gasteiger partial charge in [-0.2, -0.15) is 0 Å². The smallest absolute Gasteiger partial charge is 0.304 e. The van der Waals surface area contributed by atoms with E-state index < -0.39 is 11.4 Å². The highest BCUT2D eigenvalue weighted by Gasteiger charge is 2.27. The largest absolute Gasteiger partial charge is 0.496 e. The molecule has 3 nitrogen and oxygen atoms in total. The number of carbonyl (C=O) groups is 1. The Morgan fingerprint density at radius 1 is 1.50 bits per heavy atom. The van der Waals surface area contributed by atoms with Crippen molar-refractivity contribution < 1.29 is 14.6 Å². The van der Waals surface area contributed by atoms with Crippen LogP contribution in [0.5, 0.6) is 5.75 Å². The number of hydrogen-bond acceptors (Lipinski definition) is 2. The van der Waals surface area contributed by atoms with Crippen molar-refractivity contribution >= 4 is 17.6 Å². The molecule has 1 aromatic carbocycles. The number of aliphatic carboxylic acids is 1. The monoisotopic (exact) mass is 242 g/mol. The zero-order chi connectivity index (χ0) is 12.3. The molecule has 1 rings (SSSR count).